The number of nitro groups is 1. The fourth-order valence-corrected chi connectivity index (χ4v) is 3.13. The maximum atomic E-state index is 13.4. The van der Waals surface area contributed by atoms with E-state index in [0.717, 1.165) is 11.8 Å². The molecule has 0 aliphatic rings. The van der Waals surface area contributed by atoms with E-state index in [1.54, 1.807) is 23.7 Å². The molecule has 132 valence electrons. The van der Waals surface area contributed by atoms with Gasteiger partial charge in [-0.05, 0) is 12.1 Å². The van der Waals surface area contributed by atoms with Crippen molar-refractivity contribution in [3.63, 3.8) is 0 Å². The number of nitrogens with zero attached hydrogens (tertiary/aromatic N) is 4. The number of rotatable bonds is 6. The Labute approximate surface area is 152 Å². The van der Waals surface area contributed by atoms with E-state index in [4.69, 9.17) is 0 Å². The second kappa shape index (κ2) is 7.44. The van der Waals surface area contributed by atoms with Gasteiger partial charge in [0.2, 0.25) is 0 Å². The van der Waals surface area contributed by atoms with E-state index in [9.17, 15) is 19.3 Å². The Morgan fingerprint density at radius 3 is 2.73 bits per heavy atom. The van der Waals surface area contributed by atoms with E-state index >= 15 is 0 Å². The van der Waals surface area contributed by atoms with Gasteiger partial charge in [0.1, 0.15) is 5.82 Å². The number of benzene rings is 2. The highest BCUT2D eigenvalue weighted by atomic mass is 32.2. The van der Waals surface area contributed by atoms with Crippen LogP contribution in [0.2, 0.25) is 0 Å². The van der Waals surface area contributed by atoms with Gasteiger partial charge in [0.25, 0.3) is 5.69 Å². The van der Waals surface area contributed by atoms with Gasteiger partial charge in [-0.2, -0.15) is 0 Å². The molecule has 9 heteroatoms. The van der Waals surface area contributed by atoms with Crippen molar-refractivity contribution in [3.05, 3.63) is 70.0 Å². The largest absolute Gasteiger partial charge is 0.305 e. The molecule has 7 nitrogen and oxygen atoms in total. The van der Waals surface area contributed by atoms with E-state index in [1.807, 2.05) is 0 Å². The molecule has 2 aromatic carbocycles. The maximum absolute atomic E-state index is 13.4. The van der Waals surface area contributed by atoms with Gasteiger partial charge in [0.05, 0.1) is 10.7 Å². The summed E-state index contributed by atoms with van der Waals surface area (Å²) in [6.07, 6.45) is 0. The Morgan fingerprint density at radius 2 is 2.00 bits per heavy atom. The first-order valence-corrected chi connectivity index (χ1v) is 8.50. The Hall–Kier alpha value is -3.07. The van der Waals surface area contributed by atoms with Crippen molar-refractivity contribution in [2.45, 2.75) is 5.16 Å². The zero-order valence-corrected chi connectivity index (χ0v) is 14.4. The summed E-state index contributed by atoms with van der Waals surface area (Å²) in [5.41, 5.74) is 0.712. The van der Waals surface area contributed by atoms with Crippen LogP contribution >= 0.6 is 11.8 Å². The second-order valence-corrected chi connectivity index (χ2v) is 6.34. The van der Waals surface area contributed by atoms with Crippen LogP contribution in [-0.2, 0) is 7.05 Å². The molecular formula is C17H13FN4O3S. The molecule has 1 aromatic heterocycles. The molecule has 0 atom stereocenters. The van der Waals surface area contributed by atoms with Crippen LogP contribution in [0.15, 0.2) is 53.7 Å². The van der Waals surface area contributed by atoms with Gasteiger partial charge >= 0.3 is 0 Å². The highest BCUT2D eigenvalue weighted by Gasteiger charge is 2.15. The van der Waals surface area contributed by atoms with Gasteiger partial charge in [0, 0.05) is 30.3 Å². The lowest BCUT2D eigenvalue weighted by Gasteiger charge is -2.04. The minimum absolute atomic E-state index is 0.0519. The minimum Gasteiger partial charge on any atom is -0.305 e. The van der Waals surface area contributed by atoms with Gasteiger partial charge in [-0.15, -0.1) is 10.2 Å². The summed E-state index contributed by atoms with van der Waals surface area (Å²) in [5.74, 6) is -0.0969. The van der Waals surface area contributed by atoms with Crippen molar-refractivity contribution in [2.75, 3.05) is 5.75 Å². The molecule has 1 heterocycles. The van der Waals surface area contributed by atoms with Crippen LogP contribution in [0.1, 0.15) is 10.4 Å². The summed E-state index contributed by atoms with van der Waals surface area (Å²) in [6.45, 7) is 0. The number of non-ortho nitro benzene ring substituents is 1. The molecule has 0 bridgehead atoms. The lowest BCUT2D eigenvalue weighted by atomic mass is 10.1. The van der Waals surface area contributed by atoms with Gasteiger partial charge in [-0.25, -0.2) is 4.39 Å². The van der Waals surface area contributed by atoms with Crippen molar-refractivity contribution in [1.29, 1.82) is 0 Å². The SMILES string of the molecule is Cn1c(SCC(=O)c2cccc([N+](=O)[O-])c2)nnc1-c1cccc(F)c1. The van der Waals surface area contributed by atoms with Crippen LogP contribution < -0.4 is 0 Å². The van der Waals surface area contributed by atoms with Crippen LogP contribution in [0, 0.1) is 15.9 Å². The van der Waals surface area contributed by atoms with Gasteiger partial charge in [-0.3, -0.25) is 14.9 Å². The number of Topliss-reactive ketones (excluding diaryl/α,β-unsaturated/α-hetero) is 1. The van der Waals surface area contributed by atoms with Crippen molar-refractivity contribution >= 4 is 23.2 Å². The summed E-state index contributed by atoms with van der Waals surface area (Å²) in [5, 5.41) is 19.4. The standard InChI is InChI=1S/C17H13FN4O3S/c1-21-16(12-5-2-6-13(18)8-12)19-20-17(21)26-10-15(23)11-4-3-7-14(9-11)22(24)25/h2-9H,10H2,1H3. The molecular weight excluding hydrogens is 359 g/mol. The van der Waals surface area contributed by atoms with Crippen molar-refractivity contribution in [3.8, 4) is 11.4 Å². The normalized spacial score (nSPS) is 10.7. The summed E-state index contributed by atoms with van der Waals surface area (Å²) >= 11 is 1.16. The fraction of sp³-hybridized carbons (Fsp3) is 0.118. The van der Waals surface area contributed by atoms with Crippen LogP contribution in [0.5, 0.6) is 0 Å². The third-order valence-corrected chi connectivity index (χ3v) is 4.65. The number of carbonyl (C=O) groups is 1. The average Bonchev–Trinajstić information content (AvgIpc) is 3.00. The number of halogens is 1. The second-order valence-electron chi connectivity index (χ2n) is 5.39. The number of thioether (sulfide) groups is 1. The molecule has 0 fully saturated rings. The predicted molar refractivity (Wildman–Crippen MR) is 94.5 cm³/mol. The van der Waals surface area contributed by atoms with Gasteiger partial charge in [-0.1, -0.05) is 36.0 Å². The Kier molecular flexibility index (Phi) is 5.08. The molecule has 0 unspecified atom stereocenters. The average molecular weight is 372 g/mol. The maximum Gasteiger partial charge on any atom is 0.270 e. The monoisotopic (exact) mass is 372 g/mol. The topological polar surface area (TPSA) is 90.9 Å². The molecule has 0 spiro atoms. The molecule has 3 rings (SSSR count). The molecule has 26 heavy (non-hydrogen) atoms. The summed E-state index contributed by atoms with van der Waals surface area (Å²) in [6, 6.07) is 11.6. The number of nitro benzene ring substituents is 1. The number of aromatic nitrogens is 3. The third kappa shape index (κ3) is 3.77. The third-order valence-electron chi connectivity index (χ3n) is 3.63. The Bertz CT molecular complexity index is 990. The Morgan fingerprint density at radius 1 is 1.23 bits per heavy atom. The lowest BCUT2D eigenvalue weighted by molar-refractivity contribution is -0.384. The van der Waals surface area contributed by atoms with E-state index in [0.29, 0.717) is 16.5 Å². The highest BCUT2D eigenvalue weighted by molar-refractivity contribution is 7.99. The zero-order valence-electron chi connectivity index (χ0n) is 13.6. The lowest BCUT2D eigenvalue weighted by Crippen LogP contribution is -2.04. The smallest absolute Gasteiger partial charge is 0.270 e. The molecule has 0 radical (unpaired) electrons. The number of ketones is 1. The number of hydrogen-bond donors (Lipinski definition) is 0. The molecule has 0 saturated carbocycles. The number of hydrogen-bond acceptors (Lipinski definition) is 6. The summed E-state index contributed by atoms with van der Waals surface area (Å²) < 4.78 is 15.0. The first kappa shape index (κ1) is 17.7. The van der Waals surface area contributed by atoms with Crippen molar-refractivity contribution in [1.82, 2.24) is 14.8 Å². The molecule has 0 aliphatic heterocycles. The van der Waals surface area contributed by atoms with E-state index < -0.39 is 4.92 Å². The molecule has 0 N–H and O–H groups in total. The summed E-state index contributed by atoms with van der Waals surface area (Å²) in [7, 11) is 1.72. The minimum atomic E-state index is -0.544. The van der Waals surface area contributed by atoms with E-state index in [2.05, 4.69) is 10.2 Å². The fourth-order valence-electron chi connectivity index (χ4n) is 2.33. The summed E-state index contributed by atoms with van der Waals surface area (Å²) in [4.78, 5) is 22.5. The van der Waals surface area contributed by atoms with E-state index in [1.165, 1.54) is 36.4 Å². The first-order chi connectivity index (χ1) is 12.5. The van der Waals surface area contributed by atoms with Gasteiger partial charge < -0.3 is 4.57 Å². The first-order valence-electron chi connectivity index (χ1n) is 7.51. The molecule has 0 aliphatic carbocycles. The highest BCUT2D eigenvalue weighted by Crippen LogP contribution is 2.24. The van der Waals surface area contributed by atoms with Crippen molar-refractivity contribution < 1.29 is 14.1 Å². The van der Waals surface area contributed by atoms with Crippen LogP contribution in [-0.4, -0.2) is 31.2 Å². The predicted octanol–water partition coefficient (Wildman–Crippen LogP) is 3.50. The molecule has 0 amide bonds. The molecule has 3 aromatic rings. The quantitative estimate of drug-likeness (QED) is 0.285. The Balaban J connectivity index is 1.73. The van der Waals surface area contributed by atoms with Crippen LogP contribution in [0.3, 0.4) is 0 Å². The van der Waals surface area contributed by atoms with Crippen LogP contribution in [0.25, 0.3) is 11.4 Å². The zero-order chi connectivity index (χ0) is 18.7. The van der Waals surface area contributed by atoms with Gasteiger partial charge in [0.15, 0.2) is 16.8 Å². The van der Waals surface area contributed by atoms with E-state index in [-0.39, 0.29) is 28.6 Å². The molecule has 0 saturated heterocycles. The van der Waals surface area contributed by atoms with Crippen molar-refractivity contribution in [2.24, 2.45) is 7.05 Å². The van der Waals surface area contributed by atoms with Crippen LogP contribution in [0.4, 0.5) is 10.1 Å². The number of carbonyl (C=O) groups excluding carboxylic acids is 1.